The Morgan fingerprint density at radius 2 is 1.77 bits per heavy atom. The number of hydrogen-bond acceptors (Lipinski definition) is 6. The number of nitrogens with one attached hydrogen (secondary N) is 2. The van der Waals surface area contributed by atoms with Crippen molar-refractivity contribution in [2.45, 2.75) is 24.8 Å². The minimum Gasteiger partial charge on any atom is -0.495 e. The first-order valence-electron chi connectivity index (χ1n) is 8.97. The van der Waals surface area contributed by atoms with Crippen molar-refractivity contribution in [2.24, 2.45) is 0 Å². The Morgan fingerprint density at radius 1 is 1.10 bits per heavy atom. The number of sulfonamides is 1. The quantitative estimate of drug-likeness (QED) is 0.600. The molecule has 0 aliphatic carbocycles. The smallest absolute Gasteiger partial charge is 0.262 e. The number of benzene rings is 2. The van der Waals surface area contributed by atoms with Crippen LogP contribution in [0.25, 0.3) is 0 Å². The fraction of sp³-hybridized carbons (Fsp3) is 0.350. The first kappa shape index (κ1) is 23.8. The number of carbonyl (C=O) groups is 1. The van der Waals surface area contributed by atoms with Gasteiger partial charge >= 0.3 is 0 Å². The fourth-order valence-corrected chi connectivity index (χ4v) is 4.34. The molecule has 0 saturated heterocycles. The van der Waals surface area contributed by atoms with Crippen LogP contribution in [0.3, 0.4) is 0 Å². The van der Waals surface area contributed by atoms with Gasteiger partial charge < -0.3 is 19.5 Å². The zero-order chi connectivity index (χ0) is 22.5. The van der Waals surface area contributed by atoms with Crippen LogP contribution in [0.5, 0.6) is 11.5 Å². The number of aryl methyl sites for hydroxylation is 1. The highest BCUT2D eigenvalue weighted by atomic mass is 35.5. The van der Waals surface area contributed by atoms with E-state index in [1.54, 1.807) is 26.0 Å². The maximum Gasteiger partial charge on any atom is 0.262 e. The Hall–Kier alpha value is -2.49. The van der Waals surface area contributed by atoms with Gasteiger partial charge in [-0.25, -0.2) is 8.42 Å². The number of amides is 1. The molecule has 0 radical (unpaired) electrons. The van der Waals surface area contributed by atoms with Crippen LogP contribution in [0, 0.1) is 6.92 Å². The molecule has 10 heteroatoms. The molecule has 1 unspecified atom stereocenters. The average molecular weight is 457 g/mol. The van der Waals surface area contributed by atoms with Crippen molar-refractivity contribution in [1.29, 1.82) is 0 Å². The fourth-order valence-electron chi connectivity index (χ4n) is 2.77. The predicted molar refractivity (Wildman–Crippen MR) is 115 cm³/mol. The van der Waals surface area contributed by atoms with Crippen molar-refractivity contribution in [2.75, 3.05) is 32.7 Å². The number of hydrogen-bond donors (Lipinski definition) is 2. The third kappa shape index (κ3) is 5.56. The normalized spacial score (nSPS) is 12.2. The Morgan fingerprint density at radius 3 is 2.37 bits per heavy atom. The number of ether oxygens (including phenoxy) is 3. The van der Waals surface area contributed by atoms with E-state index in [2.05, 4.69) is 10.0 Å². The van der Waals surface area contributed by atoms with E-state index in [1.807, 2.05) is 0 Å². The van der Waals surface area contributed by atoms with Gasteiger partial charge in [-0.3, -0.25) is 9.52 Å². The Balaban J connectivity index is 2.39. The van der Waals surface area contributed by atoms with E-state index in [9.17, 15) is 13.2 Å². The van der Waals surface area contributed by atoms with Crippen molar-refractivity contribution in [3.05, 3.63) is 46.5 Å². The molecule has 1 amide bonds. The molecule has 30 heavy (non-hydrogen) atoms. The number of anilines is 1. The Bertz CT molecular complexity index is 1030. The standard InChI is InChI=1S/C20H25ClN2O6S/c1-12-6-7-14(20(24)22-13(2)11-27-3)8-19(12)30(25,26)23-16-9-15(21)17(28-4)10-18(16)29-5/h6-10,13,23H,11H2,1-5H3,(H,22,24). The van der Waals surface area contributed by atoms with E-state index in [1.165, 1.54) is 39.5 Å². The summed E-state index contributed by atoms with van der Waals surface area (Å²) in [5.74, 6) is 0.178. The first-order valence-corrected chi connectivity index (χ1v) is 10.8. The second-order valence-corrected chi connectivity index (χ2v) is 8.66. The molecule has 0 bridgehead atoms. The summed E-state index contributed by atoms with van der Waals surface area (Å²) in [6.45, 7) is 3.76. The maximum absolute atomic E-state index is 13.1. The van der Waals surface area contributed by atoms with E-state index in [4.69, 9.17) is 25.8 Å². The molecule has 2 rings (SSSR count). The van der Waals surface area contributed by atoms with E-state index >= 15 is 0 Å². The predicted octanol–water partition coefficient (Wildman–Crippen LogP) is 3.23. The molecule has 0 aliphatic rings. The maximum atomic E-state index is 13.1. The summed E-state index contributed by atoms with van der Waals surface area (Å²) in [6.07, 6.45) is 0. The second-order valence-electron chi connectivity index (χ2n) is 6.60. The van der Waals surface area contributed by atoms with Crippen LogP contribution in [0.15, 0.2) is 35.2 Å². The van der Waals surface area contributed by atoms with Gasteiger partial charge in [0, 0.05) is 24.8 Å². The lowest BCUT2D eigenvalue weighted by atomic mass is 10.1. The summed E-state index contributed by atoms with van der Waals surface area (Å²) >= 11 is 6.13. The second kappa shape index (κ2) is 10.0. The molecule has 8 nitrogen and oxygen atoms in total. The Labute approximate surface area is 181 Å². The molecule has 2 N–H and O–H groups in total. The van der Waals surface area contributed by atoms with E-state index in [-0.39, 0.29) is 33.0 Å². The molecule has 0 aromatic heterocycles. The number of rotatable bonds is 9. The van der Waals surface area contributed by atoms with Crippen LogP contribution < -0.4 is 19.5 Å². The van der Waals surface area contributed by atoms with Crippen molar-refractivity contribution in [3.63, 3.8) is 0 Å². The third-order valence-electron chi connectivity index (χ3n) is 4.25. The lowest BCUT2D eigenvalue weighted by Crippen LogP contribution is -2.35. The molecule has 0 saturated carbocycles. The minimum atomic E-state index is -4.04. The highest BCUT2D eigenvalue weighted by molar-refractivity contribution is 7.92. The topological polar surface area (TPSA) is 103 Å². The highest BCUT2D eigenvalue weighted by Crippen LogP contribution is 2.37. The molecule has 0 fully saturated rings. The van der Waals surface area contributed by atoms with Crippen LogP contribution in [0.2, 0.25) is 5.02 Å². The van der Waals surface area contributed by atoms with Crippen molar-refractivity contribution in [1.82, 2.24) is 5.32 Å². The molecule has 0 aliphatic heterocycles. The van der Waals surface area contributed by atoms with E-state index < -0.39 is 15.9 Å². The molecule has 0 spiro atoms. The molecule has 1 atom stereocenters. The molecular weight excluding hydrogens is 432 g/mol. The van der Waals surface area contributed by atoms with E-state index in [0.717, 1.165) is 0 Å². The summed E-state index contributed by atoms with van der Waals surface area (Å²) in [6, 6.07) is 7.11. The highest BCUT2D eigenvalue weighted by Gasteiger charge is 2.22. The third-order valence-corrected chi connectivity index (χ3v) is 6.06. The van der Waals surface area contributed by atoms with Crippen molar-refractivity contribution >= 4 is 33.2 Å². The molecule has 2 aromatic rings. The number of halogens is 1. The summed E-state index contributed by atoms with van der Waals surface area (Å²) in [4.78, 5) is 12.4. The van der Waals surface area contributed by atoms with Gasteiger partial charge in [0.25, 0.3) is 15.9 Å². The van der Waals surface area contributed by atoms with Gasteiger partial charge in [-0.1, -0.05) is 17.7 Å². The average Bonchev–Trinajstić information content (AvgIpc) is 2.68. The largest absolute Gasteiger partial charge is 0.495 e. The van der Waals surface area contributed by atoms with Crippen LogP contribution in [-0.4, -0.2) is 48.3 Å². The van der Waals surface area contributed by atoms with Gasteiger partial charge in [0.2, 0.25) is 0 Å². The molecular formula is C20H25ClN2O6S. The van der Waals surface area contributed by atoms with Gasteiger partial charge in [0.1, 0.15) is 11.5 Å². The molecule has 2 aromatic carbocycles. The van der Waals surface area contributed by atoms with Crippen LogP contribution in [0.1, 0.15) is 22.8 Å². The zero-order valence-electron chi connectivity index (χ0n) is 17.4. The Kier molecular flexibility index (Phi) is 7.94. The van der Waals surface area contributed by atoms with Crippen molar-refractivity contribution < 1.29 is 27.4 Å². The van der Waals surface area contributed by atoms with Crippen molar-refractivity contribution in [3.8, 4) is 11.5 Å². The summed E-state index contributed by atoms with van der Waals surface area (Å²) < 4.78 is 44.0. The zero-order valence-corrected chi connectivity index (χ0v) is 19.0. The first-order chi connectivity index (χ1) is 14.1. The summed E-state index contributed by atoms with van der Waals surface area (Å²) in [5.41, 5.74) is 0.831. The van der Waals surface area contributed by atoms with Crippen LogP contribution in [0.4, 0.5) is 5.69 Å². The van der Waals surface area contributed by atoms with Gasteiger partial charge in [0.15, 0.2) is 0 Å². The molecule has 0 heterocycles. The van der Waals surface area contributed by atoms with Crippen LogP contribution in [-0.2, 0) is 14.8 Å². The van der Waals surface area contributed by atoms with Gasteiger partial charge in [-0.05, 0) is 37.6 Å². The lowest BCUT2D eigenvalue weighted by molar-refractivity contribution is 0.0905. The summed E-state index contributed by atoms with van der Waals surface area (Å²) in [5, 5.41) is 2.97. The number of carbonyl (C=O) groups excluding carboxylic acids is 1. The monoisotopic (exact) mass is 456 g/mol. The molecule has 164 valence electrons. The lowest BCUT2D eigenvalue weighted by Gasteiger charge is -2.16. The van der Waals surface area contributed by atoms with Crippen LogP contribution >= 0.6 is 11.6 Å². The van der Waals surface area contributed by atoms with E-state index in [0.29, 0.717) is 17.9 Å². The number of methoxy groups -OCH3 is 3. The van der Waals surface area contributed by atoms with Gasteiger partial charge in [0.05, 0.1) is 36.4 Å². The summed E-state index contributed by atoms with van der Waals surface area (Å²) in [7, 11) is 0.334. The SMILES string of the molecule is COCC(C)NC(=O)c1ccc(C)c(S(=O)(=O)Nc2cc(Cl)c(OC)cc2OC)c1. The van der Waals surface area contributed by atoms with Gasteiger partial charge in [-0.2, -0.15) is 0 Å². The van der Waals surface area contributed by atoms with Gasteiger partial charge in [-0.15, -0.1) is 0 Å². The minimum absolute atomic E-state index is 0.0384.